The summed E-state index contributed by atoms with van der Waals surface area (Å²) < 4.78 is 1.15. The molecule has 0 aliphatic carbocycles. The number of fused-ring (bicyclic) bond motifs is 4. The van der Waals surface area contributed by atoms with Crippen LogP contribution in [0.2, 0.25) is 0 Å². The molecule has 0 heterocycles. The molecule has 0 bridgehead atoms. The molecule has 0 saturated heterocycles. The fourth-order valence-electron chi connectivity index (χ4n) is 18.0. The molecule has 122 heavy (non-hydrogen) atoms. The smallest absolute Gasteiger partial charge is 0.423 e. The molecule has 0 unspecified atom stereocenters. The second kappa shape index (κ2) is 36.3. The molecule has 2 nitrogen and oxygen atoms in total. The summed E-state index contributed by atoms with van der Waals surface area (Å²) in [6, 6.07) is 177. The summed E-state index contributed by atoms with van der Waals surface area (Å²) in [6.07, 6.45) is 4.41. The molecule has 0 atom stereocenters. The van der Waals surface area contributed by atoms with Gasteiger partial charge in [-0.15, -0.1) is 0 Å². The summed E-state index contributed by atoms with van der Waals surface area (Å²) >= 11 is 3.90. The van der Waals surface area contributed by atoms with Crippen LogP contribution >= 0.6 is 15.9 Å². The molecule has 0 aliphatic rings. The highest BCUT2D eigenvalue weighted by Crippen LogP contribution is 2.51. The molecule has 0 radical (unpaired) electrons. The van der Waals surface area contributed by atoms with E-state index in [1.54, 1.807) is 12.1 Å². The average Bonchev–Trinajstić information content (AvgIpc) is 0.739. The van der Waals surface area contributed by atoms with E-state index in [1.165, 1.54) is 143 Å². The minimum atomic E-state index is -1.43. The van der Waals surface area contributed by atoms with Crippen molar-refractivity contribution < 1.29 is 10.0 Å². The van der Waals surface area contributed by atoms with Crippen molar-refractivity contribution in [1.82, 2.24) is 0 Å². The highest BCUT2D eigenvalue weighted by molar-refractivity contribution is 9.10. The van der Waals surface area contributed by atoms with E-state index in [-0.39, 0.29) is 0 Å². The summed E-state index contributed by atoms with van der Waals surface area (Å²) in [6.45, 7) is 0. The molecule has 0 aromatic heterocycles. The third-order valence-electron chi connectivity index (χ3n) is 23.6. The number of benzene rings is 20. The third kappa shape index (κ3) is 15.8. The molecule has 20 aromatic rings. The number of hydrogen-bond donors (Lipinski definition) is 2. The maximum atomic E-state index is 9.19. The van der Waals surface area contributed by atoms with E-state index < -0.39 is 17.9 Å². The average molecular weight is 1630 g/mol. The predicted octanol–water partition coefficient (Wildman–Crippen LogP) is 29.1. The van der Waals surface area contributed by atoms with Crippen LogP contribution in [0.3, 0.4) is 0 Å². The van der Waals surface area contributed by atoms with Crippen molar-refractivity contribution in [2.75, 3.05) is 0 Å². The van der Waals surface area contributed by atoms with Crippen molar-refractivity contribution in [1.29, 1.82) is 0 Å². The van der Waals surface area contributed by atoms with Gasteiger partial charge in [-0.05, 0) is 199 Å². The molecular weight excluding hydrogens is 1540 g/mol. The Morgan fingerprint density at radius 3 is 0.607 bits per heavy atom. The van der Waals surface area contributed by atoms with Gasteiger partial charge in [-0.1, -0.05) is 497 Å². The number of rotatable bonds is 18. The van der Waals surface area contributed by atoms with Gasteiger partial charge >= 0.3 is 7.12 Å². The lowest BCUT2D eigenvalue weighted by Crippen LogP contribution is -2.30. The van der Waals surface area contributed by atoms with Crippen molar-refractivity contribution in [3.8, 4) is 33.4 Å². The number of halogens is 1. The van der Waals surface area contributed by atoms with Crippen LogP contribution < -0.4 is 5.46 Å². The van der Waals surface area contributed by atoms with Gasteiger partial charge in [0.2, 0.25) is 0 Å². The van der Waals surface area contributed by atoms with Crippen molar-refractivity contribution in [3.63, 3.8) is 0 Å². The molecule has 0 aliphatic heterocycles. The van der Waals surface area contributed by atoms with Gasteiger partial charge in [0, 0.05) is 4.47 Å². The zero-order valence-corrected chi connectivity index (χ0v) is 68.9. The van der Waals surface area contributed by atoms with Crippen LogP contribution in [0.4, 0.5) is 0 Å². The molecular formula is C118H86BBrO2. The van der Waals surface area contributed by atoms with E-state index in [0.29, 0.717) is 5.46 Å². The molecule has 0 fully saturated rings. The first-order valence-corrected chi connectivity index (χ1v) is 42.4. The lowest BCUT2D eigenvalue weighted by atomic mass is 9.65. The van der Waals surface area contributed by atoms with Crippen molar-refractivity contribution in [2.24, 2.45) is 0 Å². The van der Waals surface area contributed by atoms with Crippen molar-refractivity contribution in [3.05, 3.63) is 580 Å². The Morgan fingerprint density at radius 1 is 0.197 bits per heavy atom. The predicted molar refractivity (Wildman–Crippen MR) is 520 cm³/mol. The van der Waals surface area contributed by atoms with E-state index in [2.05, 4.69) is 465 Å². The van der Waals surface area contributed by atoms with E-state index in [1.807, 2.05) is 48.5 Å². The van der Waals surface area contributed by atoms with Gasteiger partial charge < -0.3 is 10.0 Å². The highest BCUT2D eigenvalue weighted by atomic mass is 79.9. The van der Waals surface area contributed by atoms with E-state index in [0.717, 1.165) is 26.7 Å². The Balaban J connectivity index is 0.000000138. The molecule has 4 heteroatoms. The largest absolute Gasteiger partial charge is 0.488 e. The molecule has 0 spiro atoms. The SMILES string of the molecule is Brc1c2ccccc2c(-c2ccc(C(c3ccccc3)(c3ccccc3)c3ccccc3)cc2)c2ccccc12.C(=C(c1ccccc1)c1ccccc1)c1ccc(-c2c3ccccc3c(-c3ccc(C(c4ccccc4)(c4ccccc4)c4ccccc4)cc3)c3ccccc23)cc1.OB(O)c1ccc(C=C(c2ccccc2)c2ccccc2)cc1. The highest BCUT2D eigenvalue weighted by Gasteiger charge is 2.40. The first kappa shape index (κ1) is 78.6. The third-order valence-corrected chi connectivity index (χ3v) is 24.5. The standard InChI is InChI=1S/C59H42.C39H27Br.C20H17BO2/c1-6-20-44(21-7-1)56(45-22-8-2-9-23-45)42-43-34-36-46(37-35-43)57-52-30-16-18-32-54(52)58(55-33-19-17-31-53(55)57)47-38-40-51(41-39-47)59(48-24-10-3-11-25-48,49-26-12-4-13-27-49)50-28-14-5-15-29-50;40-38-35-22-12-10-20-33(35)37(34-21-11-13-23-36(34)38)28-24-26-32(27-25-28)39(29-14-4-1-5-15-29,30-16-6-2-7-17-30)31-18-8-3-9-19-31;22-21(23)19-13-11-16(12-14-19)15-20(17-7-3-1-4-8-17)18-9-5-2-6-10-18/h1-42H;1-27H;1-15,22-23H. The van der Waals surface area contributed by atoms with Crippen LogP contribution in [0.5, 0.6) is 0 Å². The van der Waals surface area contributed by atoms with Crippen LogP contribution in [0.25, 0.3) is 99.8 Å². The fourth-order valence-corrected chi connectivity index (χ4v) is 18.7. The second-order valence-electron chi connectivity index (χ2n) is 30.7. The first-order chi connectivity index (χ1) is 60.3. The van der Waals surface area contributed by atoms with E-state index in [4.69, 9.17) is 0 Å². The maximum absolute atomic E-state index is 9.19. The summed E-state index contributed by atoms with van der Waals surface area (Å²) in [4.78, 5) is 0. The second-order valence-corrected chi connectivity index (χ2v) is 31.5. The van der Waals surface area contributed by atoms with E-state index >= 15 is 0 Å². The Morgan fingerprint density at radius 2 is 0.377 bits per heavy atom. The maximum Gasteiger partial charge on any atom is 0.488 e. The quantitative estimate of drug-likeness (QED) is 0.0389. The van der Waals surface area contributed by atoms with Gasteiger partial charge in [-0.2, -0.15) is 0 Å². The molecule has 2 N–H and O–H groups in total. The molecule has 0 saturated carbocycles. The van der Waals surface area contributed by atoms with Crippen LogP contribution in [-0.4, -0.2) is 17.2 Å². The Hall–Kier alpha value is -14.6. The lowest BCUT2D eigenvalue weighted by molar-refractivity contribution is 0.426. The molecule has 0 amide bonds. The van der Waals surface area contributed by atoms with Gasteiger partial charge in [-0.3, -0.25) is 0 Å². The van der Waals surface area contributed by atoms with Crippen molar-refractivity contribution in [2.45, 2.75) is 10.8 Å². The Labute approximate surface area is 723 Å². The zero-order chi connectivity index (χ0) is 82.4. The minimum absolute atomic E-state index is 0.452. The summed E-state index contributed by atoms with van der Waals surface area (Å²) in [5, 5.41) is 28.3. The van der Waals surface area contributed by atoms with Crippen LogP contribution in [0, 0.1) is 0 Å². The van der Waals surface area contributed by atoms with Gasteiger partial charge in [0.15, 0.2) is 0 Å². The zero-order valence-electron chi connectivity index (χ0n) is 67.3. The summed E-state index contributed by atoms with van der Waals surface area (Å²) in [5.74, 6) is 0. The normalized spacial score (nSPS) is 11.2. The Kier molecular flexibility index (Phi) is 23.4. The topological polar surface area (TPSA) is 40.5 Å². The van der Waals surface area contributed by atoms with Gasteiger partial charge in [0.05, 0.1) is 10.8 Å². The van der Waals surface area contributed by atoms with Crippen LogP contribution in [0.1, 0.15) is 77.9 Å². The van der Waals surface area contributed by atoms with Crippen LogP contribution in [0.15, 0.2) is 502 Å². The molecule has 20 rings (SSSR count). The van der Waals surface area contributed by atoms with E-state index in [9.17, 15) is 10.0 Å². The molecule has 580 valence electrons. The first-order valence-electron chi connectivity index (χ1n) is 41.6. The van der Waals surface area contributed by atoms with Gasteiger partial charge in [-0.25, -0.2) is 0 Å². The fraction of sp³-hybridized carbons (Fsp3) is 0.0169. The van der Waals surface area contributed by atoms with Gasteiger partial charge in [0.1, 0.15) is 0 Å². The minimum Gasteiger partial charge on any atom is -0.423 e. The Bertz CT molecular complexity index is 6590. The molecule has 20 aromatic carbocycles. The summed E-state index contributed by atoms with van der Waals surface area (Å²) in [5.41, 5.74) is 26.1. The summed E-state index contributed by atoms with van der Waals surface area (Å²) in [7, 11) is -1.43. The van der Waals surface area contributed by atoms with Gasteiger partial charge in [0.25, 0.3) is 0 Å². The van der Waals surface area contributed by atoms with Crippen molar-refractivity contribution >= 4 is 94.9 Å². The lowest BCUT2D eigenvalue weighted by Gasteiger charge is -2.37. The number of hydrogen-bond acceptors (Lipinski definition) is 2. The van der Waals surface area contributed by atoms with Crippen LogP contribution in [-0.2, 0) is 10.8 Å². The monoisotopic (exact) mass is 1620 g/mol.